The van der Waals surface area contributed by atoms with Crippen LogP contribution in [-0.4, -0.2) is 34.6 Å². The second kappa shape index (κ2) is 7.60. The lowest BCUT2D eigenvalue weighted by atomic mass is 10.2. The number of amides is 2. The number of halogens is 3. The maximum Gasteiger partial charge on any atom is 0.422 e. The topological polar surface area (TPSA) is 93.2 Å². The van der Waals surface area contributed by atoms with Gasteiger partial charge in [0.15, 0.2) is 6.61 Å². The summed E-state index contributed by atoms with van der Waals surface area (Å²) in [6, 6.07) is 4.01. The molecule has 2 amide bonds. The lowest BCUT2D eigenvalue weighted by Gasteiger charge is -2.13. The van der Waals surface area contributed by atoms with Gasteiger partial charge in [0.05, 0.1) is 6.20 Å². The second-order valence-corrected chi connectivity index (χ2v) is 5.92. The van der Waals surface area contributed by atoms with E-state index in [1.54, 1.807) is 0 Å². The molecule has 2 heterocycles. The predicted molar refractivity (Wildman–Crippen MR) is 89.3 cm³/mol. The van der Waals surface area contributed by atoms with Gasteiger partial charge in [0.2, 0.25) is 5.91 Å². The molecule has 7 nitrogen and oxygen atoms in total. The zero-order chi connectivity index (χ0) is 19.4. The first-order valence-corrected chi connectivity index (χ1v) is 8.03. The Labute approximate surface area is 152 Å². The number of nitrogens with one attached hydrogen (secondary N) is 2. The molecule has 2 aromatic rings. The van der Waals surface area contributed by atoms with Gasteiger partial charge in [-0.2, -0.15) is 13.2 Å². The first kappa shape index (κ1) is 18.6. The Balaban J connectivity index is 1.69. The van der Waals surface area contributed by atoms with Crippen LogP contribution in [0.2, 0.25) is 0 Å². The number of carbonyl (C=O) groups excluding carboxylic acids is 2. The summed E-state index contributed by atoms with van der Waals surface area (Å²) in [5.74, 6) is -0.723. The van der Waals surface area contributed by atoms with Gasteiger partial charge in [-0.15, -0.1) is 0 Å². The van der Waals surface area contributed by atoms with Gasteiger partial charge in [0.25, 0.3) is 5.91 Å². The fourth-order valence-electron chi connectivity index (χ4n) is 2.17. The minimum Gasteiger partial charge on any atom is -0.482 e. The quantitative estimate of drug-likeness (QED) is 0.804. The summed E-state index contributed by atoms with van der Waals surface area (Å²) >= 11 is 0. The van der Waals surface area contributed by atoms with Crippen molar-refractivity contribution in [1.29, 1.82) is 0 Å². The molecule has 1 aliphatic carbocycles. The summed E-state index contributed by atoms with van der Waals surface area (Å²) < 4.78 is 41.7. The Morgan fingerprint density at radius 3 is 2.67 bits per heavy atom. The molecule has 2 aromatic heterocycles. The molecule has 0 aliphatic heterocycles. The number of alkyl halides is 3. The van der Waals surface area contributed by atoms with Crippen molar-refractivity contribution in [2.75, 3.05) is 17.2 Å². The molecule has 0 radical (unpaired) electrons. The van der Waals surface area contributed by atoms with Crippen LogP contribution < -0.4 is 15.4 Å². The molecule has 0 aromatic carbocycles. The number of hydrogen-bond acceptors (Lipinski definition) is 5. The number of aromatic nitrogens is 2. The van der Waals surface area contributed by atoms with Gasteiger partial charge in [-0.1, -0.05) is 0 Å². The van der Waals surface area contributed by atoms with Crippen molar-refractivity contribution in [3.8, 4) is 5.75 Å². The molecule has 1 fully saturated rings. The standard InChI is InChI=1S/C17H15F3N4O3/c18-17(19,20)9-27-13-4-5-21-8-12(13)23-16(26)11-3-6-22-14(7-11)24-15(25)10-1-2-10/h3-8,10H,1-2,9H2,(H,23,26)(H,22,24,25). The molecule has 0 atom stereocenters. The smallest absolute Gasteiger partial charge is 0.422 e. The molecule has 10 heteroatoms. The SMILES string of the molecule is O=C(Nc1cnccc1OCC(F)(F)F)c1ccnc(NC(=O)C2CC2)c1. The third-order valence-corrected chi connectivity index (χ3v) is 3.64. The van der Waals surface area contributed by atoms with E-state index in [4.69, 9.17) is 4.74 Å². The summed E-state index contributed by atoms with van der Waals surface area (Å²) in [4.78, 5) is 31.9. The highest BCUT2D eigenvalue weighted by Crippen LogP contribution is 2.30. The van der Waals surface area contributed by atoms with Gasteiger partial charge in [0.1, 0.15) is 17.3 Å². The van der Waals surface area contributed by atoms with E-state index in [-0.39, 0.29) is 34.6 Å². The zero-order valence-corrected chi connectivity index (χ0v) is 13.9. The van der Waals surface area contributed by atoms with Crippen LogP contribution in [0.3, 0.4) is 0 Å². The summed E-state index contributed by atoms with van der Waals surface area (Å²) in [5, 5.41) is 5.06. The van der Waals surface area contributed by atoms with Crippen molar-refractivity contribution in [3.05, 3.63) is 42.4 Å². The average molecular weight is 380 g/mol. The lowest BCUT2D eigenvalue weighted by molar-refractivity contribution is -0.153. The Morgan fingerprint density at radius 2 is 1.96 bits per heavy atom. The van der Waals surface area contributed by atoms with Crippen molar-refractivity contribution in [1.82, 2.24) is 9.97 Å². The number of rotatable bonds is 6. The molecule has 1 saturated carbocycles. The van der Waals surface area contributed by atoms with Crippen LogP contribution in [-0.2, 0) is 4.79 Å². The molecule has 1 aliphatic rings. The number of ether oxygens (including phenoxy) is 1. The number of pyridine rings is 2. The fourth-order valence-corrected chi connectivity index (χ4v) is 2.17. The number of nitrogens with zero attached hydrogens (tertiary/aromatic N) is 2. The fraction of sp³-hybridized carbons (Fsp3) is 0.294. The third kappa shape index (κ3) is 5.40. The average Bonchev–Trinajstić information content (AvgIpc) is 3.46. The Kier molecular flexibility index (Phi) is 5.24. The molecular weight excluding hydrogens is 365 g/mol. The Bertz CT molecular complexity index is 853. The third-order valence-electron chi connectivity index (χ3n) is 3.64. The van der Waals surface area contributed by atoms with Crippen LogP contribution in [0.1, 0.15) is 23.2 Å². The maximum absolute atomic E-state index is 12.4. The molecule has 0 spiro atoms. The van der Waals surface area contributed by atoms with Crippen molar-refractivity contribution in [3.63, 3.8) is 0 Å². The molecule has 2 N–H and O–H groups in total. The van der Waals surface area contributed by atoms with Crippen LogP contribution in [0, 0.1) is 5.92 Å². The van der Waals surface area contributed by atoms with E-state index in [0.717, 1.165) is 12.8 Å². The molecule has 3 rings (SSSR count). The van der Waals surface area contributed by atoms with E-state index in [1.165, 1.54) is 36.8 Å². The molecule has 0 bridgehead atoms. The van der Waals surface area contributed by atoms with Gasteiger partial charge in [-0.3, -0.25) is 14.6 Å². The van der Waals surface area contributed by atoms with Crippen LogP contribution in [0.25, 0.3) is 0 Å². The van der Waals surface area contributed by atoms with Crippen molar-refractivity contribution >= 4 is 23.3 Å². The van der Waals surface area contributed by atoms with Crippen molar-refractivity contribution in [2.45, 2.75) is 19.0 Å². The molecule has 0 saturated heterocycles. The summed E-state index contributed by atoms with van der Waals surface area (Å²) in [5.41, 5.74) is 0.161. The van der Waals surface area contributed by atoms with Crippen molar-refractivity contribution < 1.29 is 27.5 Å². The first-order valence-electron chi connectivity index (χ1n) is 8.03. The number of anilines is 2. The summed E-state index contributed by atoms with van der Waals surface area (Å²) in [7, 11) is 0. The van der Waals surface area contributed by atoms with E-state index in [2.05, 4.69) is 20.6 Å². The lowest BCUT2D eigenvalue weighted by Crippen LogP contribution is -2.20. The maximum atomic E-state index is 12.4. The number of hydrogen-bond donors (Lipinski definition) is 2. The Morgan fingerprint density at radius 1 is 1.19 bits per heavy atom. The van der Waals surface area contributed by atoms with E-state index < -0.39 is 18.7 Å². The van der Waals surface area contributed by atoms with E-state index in [0.29, 0.717) is 0 Å². The zero-order valence-electron chi connectivity index (χ0n) is 13.9. The van der Waals surface area contributed by atoms with Crippen molar-refractivity contribution in [2.24, 2.45) is 5.92 Å². The highest BCUT2D eigenvalue weighted by Gasteiger charge is 2.30. The van der Waals surface area contributed by atoms with Gasteiger partial charge in [0, 0.05) is 29.9 Å². The first-order chi connectivity index (χ1) is 12.8. The van der Waals surface area contributed by atoms with E-state index >= 15 is 0 Å². The van der Waals surface area contributed by atoms with Gasteiger partial charge in [-0.05, 0) is 25.0 Å². The largest absolute Gasteiger partial charge is 0.482 e. The summed E-state index contributed by atoms with van der Waals surface area (Å²) in [6.45, 7) is -1.49. The monoisotopic (exact) mass is 380 g/mol. The molecular formula is C17H15F3N4O3. The van der Waals surface area contributed by atoms with Crippen LogP contribution >= 0.6 is 0 Å². The number of carbonyl (C=O) groups is 2. The molecule has 0 unspecified atom stereocenters. The minimum atomic E-state index is -4.51. The van der Waals surface area contributed by atoms with Gasteiger partial charge < -0.3 is 15.4 Å². The normalized spacial score (nSPS) is 13.7. The molecule has 27 heavy (non-hydrogen) atoms. The highest BCUT2D eigenvalue weighted by atomic mass is 19.4. The van der Waals surface area contributed by atoms with Crippen LogP contribution in [0.4, 0.5) is 24.7 Å². The Hall–Kier alpha value is -3.17. The van der Waals surface area contributed by atoms with Gasteiger partial charge in [-0.25, -0.2) is 4.98 Å². The van der Waals surface area contributed by atoms with Gasteiger partial charge >= 0.3 is 6.18 Å². The van der Waals surface area contributed by atoms with E-state index in [9.17, 15) is 22.8 Å². The van der Waals surface area contributed by atoms with E-state index in [1.807, 2.05) is 0 Å². The van der Waals surface area contributed by atoms with Crippen LogP contribution in [0.15, 0.2) is 36.8 Å². The predicted octanol–water partition coefficient (Wildman–Crippen LogP) is 3.02. The van der Waals surface area contributed by atoms with Crippen LogP contribution in [0.5, 0.6) is 5.75 Å². The summed E-state index contributed by atoms with van der Waals surface area (Å²) in [6.07, 6.45) is 0.924. The minimum absolute atomic E-state index is 0.00729. The highest BCUT2D eigenvalue weighted by molar-refractivity contribution is 6.05. The molecule has 142 valence electrons. The second-order valence-electron chi connectivity index (χ2n) is 5.92.